The van der Waals surface area contributed by atoms with E-state index in [9.17, 15) is 9.59 Å². The maximum atomic E-state index is 13.0. The Hall–Kier alpha value is -3.28. The number of urea groups is 1. The van der Waals surface area contributed by atoms with Gasteiger partial charge in [0.05, 0.1) is 6.61 Å². The molecule has 1 fully saturated rings. The maximum absolute atomic E-state index is 13.0. The van der Waals surface area contributed by atoms with Crippen LogP contribution in [0, 0.1) is 6.92 Å². The fourth-order valence-corrected chi connectivity index (χ4v) is 3.45. The summed E-state index contributed by atoms with van der Waals surface area (Å²) in [5.74, 6) is 1.28. The van der Waals surface area contributed by atoms with Crippen molar-refractivity contribution in [2.24, 2.45) is 0 Å². The molecule has 0 aliphatic carbocycles. The number of hydrogen-bond acceptors (Lipinski definition) is 4. The van der Waals surface area contributed by atoms with Crippen molar-refractivity contribution in [3.8, 4) is 11.5 Å². The number of carbonyl (C=O) groups is 2. The van der Waals surface area contributed by atoms with E-state index in [1.165, 1.54) is 4.90 Å². The van der Waals surface area contributed by atoms with Crippen LogP contribution in [-0.4, -0.2) is 36.6 Å². The largest absolute Gasteiger partial charge is 0.494 e. The normalized spacial score (nSPS) is 18.1. The Bertz CT molecular complexity index is 954. The van der Waals surface area contributed by atoms with Crippen LogP contribution in [0.2, 0.25) is 0 Å². The highest BCUT2D eigenvalue weighted by atomic mass is 16.5. The molecule has 0 bridgehead atoms. The van der Waals surface area contributed by atoms with Crippen molar-refractivity contribution in [3.05, 3.63) is 71.8 Å². The van der Waals surface area contributed by atoms with Crippen molar-refractivity contribution in [2.45, 2.75) is 39.2 Å². The summed E-state index contributed by atoms with van der Waals surface area (Å²) in [5.41, 5.74) is 1.71. The Labute approximate surface area is 183 Å². The standard InChI is InChI=1S/C25H30N2O4/c1-18(2)17-31-21-12-10-20(11-13-21)25(4)23(28)27(24(29)26-25)14-5-6-15-30-22-9-7-8-19(3)16-22/h7-13,16H,1,5-6,14-15,17H2,2-4H3,(H,26,29). The molecule has 1 atom stereocenters. The fourth-order valence-electron chi connectivity index (χ4n) is 3.45. The first-order chi connectivity index (χ1) is 14.8. The molecule has 3 rings (SSSR count). The summed E-state index contributed by atoms with van der Waals surface area (Å²) in [4.78, 5) is 26.8. The minimum absolute atomic E-state index is 0.243. The van der Waals surface area contributed by atoms with Gasteiger partial charge < -0.3 is 14.8 Å². The quantitative estimate of drug-likeness (QED) is 0.346. The number of carbonyl (C=O) groups excluding carboxylic acids is 2. The number of nitrogens with one attached hydrogen (secondary N) is 1. The zero-order valence-electron chi connectivity index (χ0n) is 18.4. The van der Waals surface area contributed by atoms with Crippen LogP contribution in [0.1, 0.15) is 37.8 Å². The van der Waals surface area contributed by atoms with Crippen LogP contribution in [0.5, 0.6) is 11.5 Å². The van der Waals surface area contributed by atoms with Crippen molar-refractivity contribution in [2.75, 3.05) is 19.8 Å². The molecule has 1 unspecified atom stereocenters. The summed E-state index contributed by atoms with van der Waals surface area (Å²) < 4.78 is 11.3. The molecule has 164 valence electrons. The van der Waals surface area contributed by atoms with Crippen LogP contribution < -0.4 is 14.8 Å². The number of imide groups is 1. The number of ether oxygens (including phenoxy) is 2. The third-order valence-electron chi connectivity index (χ3n) is 5.23. The van der Waals surface area contributed by atoms with Crippen LogP contribution in [0.25, 0.3) is 0 Å². The highest BCUT2D eigenvalue weighted by Gasteiger charge is 2.48. The molecule has 31 heavy (non-hydrogen) atoms. The summed E-state index contributed by atoms with van der Waals surface area (Å²) in [5, 5.41) is 2.84. The average Bonchev–Trinajstić information content (AvgIpc) is 2.96. The first-order valence-corrected chi connectivity index (χ1v) is 10.5. The van der Waals surface area contributed by atoms with E-state index in [-0.39, 0.29) is 11.9 Å². The number of benzene rings is 2. The molecule has 0 spiro atoms. The average molecular weight is 423 g/mol. The molecule has 2 aromatic rings. The van der Waals surface area contributed by atoms with Gasteiger partial charge in [0.15, 0.2) is 0 Å². The molecule has 1 aliphatic heterocycles. The summed E-state index contributed by atoms with van der Waals surface area (Å²) in [6.07, 6.45) is 1.42. The third-order valence-corrected chi connectivity index (χ3v) is 5.23. The van der Waals surface area contributed by atoms with Crippen LogP contribution in [0.3, 0.4) is 0 Å². The third kappa shape index (κ3) is 5.45. The molecule has 3 amide bonds. The predicted molar refractivity (Wildman–Crippen MR) is 120 cm³/mol. The lowest BCUT2D eigenvalue weighted by molar-refractivity contribution is -0.131. The van der Waals surface area contributed by atoms with Crippen molar-refractivity contribution < 1.29 is 19.1 Å². The maximum Gasteiger partial charge on any atom is 0.325 e. The molecule has 1 N–H and O–H groups in total. The number of nitrogens with zero attached hydrogens (tertiary/aromatic N) is 1. The lowest BCUT2D eigenvalue weighted by atomic mass is 9.92. The van der Waals surface area contributed by atoms with Crippen molar-refractivity contribution in [3.63, 3.8) is 0 Å². The first-order valence-electron chi connectivity index (χ1n) is 10.5. The Morgan fingerprint density at radius 2 is 1.81 bits per heavy atom. The molecule has 2 aromatic carbocycles. The Kier molecular flexibility index (Phi) is 7.00. The minimum atomic E-state index is -1.08. The van der Waals surface area contributed by atoms with Gasteiger partial charge in [0.2, 0.25) is 0 Å². The zero-order chi connectivity index (χ0) is 22.4. The number of amides is 3. The topological polar surface area (TPSA) is 67.9 Å². The van der Waals surface area contributed by atoms with E-state index < -0.39 is 5.54 Å². The van der Waals surface area contributed by atoms with Crippen LogP contribution in [0.4, 0.5) is 4.79 Å². The number of aryl methyl sites for hydroxylation is 1. The Morgan fingerprint density at radius 3 is 2.48 bits per heavy atom. The van der Waals surface area contributed by atoms with E-state index in [1.54, 1.807) is 19.1 Å². The molecule has 0 saturated carbocycles. The number of unbranched alkanes of at least 4 members (excludes halogenated alkanes) is 1. The fraction of sp³-hybridized carbons (Fsp3) is 0.360. The Morgan fingerprint density at radius 1 is 1.06 bits per heavy atom. The second-order valence-electron chi connectivity index (χ2n) is 8.15. The number of hydrogen-bond donors (Lipinski definition) is 1. The van der Waals surface area contributed by atoms with Gasteiger partial charge in [-0.05, 0) is 74.6 Å². The zero-order valence-corrected chi connectivity index (χ0v) is 18.4. The molecule has 1 saturated heterocycles. The van der Waals surface area contributed by atoms with Gasteiger partial charge in [-0.15, -0.1) is 0 Å². The summed E-state index contributed by atoms with van der Waals surface area (Å²) in [6, 6.07) is 14.7. The first kappa shape index (κ1) is 22.4. The van der Waals surface area contributed by atoms with Gasteiger partial charge in [-0.1, -0.05) is 30.8 Å². The summed E-state index contributed by atoms with van der Waals surface area (Å²) >= 11 is 0. The summed E-state index contributed by atoms with van der Waals surface area (Å²) in [7, 11) is 0. The van der Waals surface area contributed by atoms with E-state index in [4.69, 9.17) is 9.47 Å². The van der Waals surface area contributed by atoms with Crippen molar-refractivity contribution in [1.29, 1.82) is 0 Å². The van der Waals surface area contributed by atoms with E-state index >= 15 is 0 Å². The van der Waals surface area contributed by atoms with Gasteiger partial charge in [0.25, 0.3) is 5.91 Å². The van der Waals surface area contributed by atoms with E-state index in [1.807, 2.05) is 50.2 Å². The van der Waals surface area contributed by atoms with E-state index in [0.717, 1.165) is 28.9 Å². The van der Waals surface area contributed by atoms with Gasteiger partial charge in [-0.2, -0.15) is 0 Å². The minimum Gasteiger partial charge on any atom is -0.494 e. The van der Waals surface area contributed by atoms with Gasteiger partial charge >= 0.3 is 6.03 Å². The monoisotopic (exact) mass is 422 g/mol. The van der Waals surface area contributed by atoms with E-state index in [0.29, 0.717) is 31.9 Å². The summed E-state index contributed by atoms with van der Waals surface area (Å²) in [6.45, 7) is 10.8. The molecule has 1 heterocycles. The SMILES string of the molecule is C=C(C)COc1ccc(C2(C)NC(=O)N(CCCCOc3cccc(C)c3)C2=O)cc1. The second-order valence-corrected chi connectivity index (χ2v) is 8.15. The van der Waals surface area contributed by atoms with Gasteiger partial charge in [-0.25, -0.2) is 4.79 Å². The van der Waals surface area contributed by atoms with Crippen molar-refractivity contribution >= 4 is 11.9 Å². The van der Waals surface area contributed by atoms with Gasteiger partial charge in [0, 0.05) is 6.54 Å². The highest BCUT2D eigenvalue weighted by Crippen LogP contribution is 2.30. The van der Waals surface area contributed by atoms with Gasteiger partial charge in [-0.3, -0.25) is 9.69 Å². The van der Waals surface area contributed by atoms with Crippen LogP contribution >= 0.6 is 0 Å². The molecule has 6 nitrogen and oxygen atoms in total. The lowest BCUT2D eigenvalue weighted by Gasteiger charge is -2.22. The van der Waals surface area contributed by atoms with E-state index in [2.05, 4.69) is 11.9 Å². The Balaban J connectivity index is 1.52. The molecular weight excluding hydrogens is 392 g/mol. The molecular formula is C25H30N2O4. The molecule has 0 aromatic heterocycles. The molecule has 1 aliphatic rings. The van der Waals surface area contributed by atoms with Crippen LogP contribution in [0.15, 0.2) is 60.7 Å². The van der Waals surface area contributed by atoms with Crippen LogP contribution in [-0.2, 0) is 10.3 Å². The highest BCUT2D eigenvalue weighted by molar-refractivity contribution is 6.07. The molecule has 6 heteroatoms. The second kappa shape index (κ2) is 9.69. The number of rotatable bonds is 10. The predicted octanol–water partition coefficient (Wildman–Crippen LogP) is 4.58. The lowest BCUT2D eigenvalue weighted by Crippen LogP contribution is -2.41. The van der Waals surface area contributed by atoms with Crippen molar-refractivity contribution in [1.82, 2.24) is 10.2 Å². The molecule has 0 radical (unpaired) electrons. The van der Waals surface area contributed by atoms with Gasteiger partial charge in [0.1, 0.15) is 23.6 Å². The smallest absolute Gasteiger partial charge is 0.325 e.